The first-order chi connectivity index (χ1) is 29.8. The zero-order valence-electron chi connectivity index (χ0n) is 37.7. The quantitative estimate of drug-likeness (QED) is 0.0668. The van der Waals surface area contributed by atoms with Gasteiger partial charge in [0.15, 0.2) is 0 Å². The Morgan fingerprint density at radius 2 is 0.710 bits per heavy atom. The molecule has 7 rings (SSSR count). The molecule has 0 saturated carbocycles. The third-order valence-electron chi connectivity index (χ3n) is 11.0. The van der Waals surface area contributed by atoms with Gasteiger partial charge in [0.25, 0.3) is 0 Å². The molecule has 10 heteroatoms. The summed E-state index contributed by atoms with van der Waals surface area (Å²) in [5.41, 5.74) is 24.4. The molecule has 5 heterocycles. The third-order valence-corrected chi connectivity index (χ3v) is 11.0. The fourth-order valence-electron chi connectivity index (χ4n) is 7.27. The number of hydrogen-bond acceptors (Lipinski definition) is 8. The van der Waals surface area contributed by atoms with Crippen molar-refractivity contribution in [3.63, 3.8) is 0 Å². The Bertz CT molecular complexity index is 2350. The van der Waals surface area contributed by atoms with E-state index in [1.807, 2.05) is 60.7 Å². The number of nitrogen functional groups attached to an aromatic ring is 2. The van der Waals surface area contributed by atoms with E-state index in [9.17, 15) is 0 Å². The van der Waals surface area contributed by atoms with E-state index >= 15 is 0 Å². The number of H-pyrrole nitrogens is 2. The summed E-state index contributed by atoms with van der Waals surface area (Å²) in [7, 11) is 0. The van der Waals surface area contributed by atoms with Crippen LogP contribution in [0.5, 0.6) is 23.0 Å². The maximum absolute atomic E-state index is 7.00. The molecule has 8 bridgehead atoms. The zero-order valence-corrected chi connectivity index (χ0v) is 37.7. The molecule has 3 aromatic heterocycles. The monoisotopic (exact) mass is 836 g/mol. The van der Waals surface area contributed by atoms with Crippen LogP contribution < -0.4 is 30.4 Å². The van der Waals surface area contributed by atoms with E-state index < -0.39 is 0 Å². The molecular weight excluding hydrogens is 773 g/mol. The van der Waals surface area contributed by atoms with Crippen molar-refractivity contribution >= 4 is 57.7 Å². The fraction of sp³-hybridized carbons (Fsp3) is 0.385. The molecule has 5 aromatic rings. The number of nitrogens with two attached hydrogens (primary N) is 2. The number of ether oxygens (including phenoxy) is 4. The number of aromatic nitrogens is 4. The SMILES string of the molecule is CC(C)CCOc1cc(OCCC(C)C)cc(-c2c3nc(c(N)c4ccc([nH]4)c(-c4cc(OCCC(C)C)cc(OCCC(C)C)c4)c4nc(c(N)c5ccc2[nH]5)C=C4)C=C3)c1. The lowest BCUT2D eigenvalue weighted by molar-refractivity contribution is 0.276. The molecule has 326 valence electrons. The van der Waals surface area contributed by atoms with E-state index in [-0.39, 0.29) is 0 Å². The molecule has 0 fully saturated rings. The number of aromatic amines is 2. The molecule has 6 N–H and O–H groups in total. The molecule has 0 radical (unpaired) electrons. The largest absolute Gasteiger partial charge is 0.493 e. The number of nitrogens with zero attached hydrogens (tertiary/aromatic N) is 2. The summed E-state index contributed by atoms with van der Waals surface area (Å²) < 4.78 is 25.4. The lowest BCUT2D eigenvalue weighted by atomic mass is 10.0. The minimum absolute atomic E-state index is 0.514. The number of hydrogen-bond donors (Lipinski definition) is 4. The van der Waals surface area contributed by atoms with E-state index in [2.05, 4.69) is 89.6 Å². The number of anilines is 2. The van der Waals surface area contributed by atoms with Crippen molar-refractivity contribution in [2.24, 2.45) is 23.7 Å². The molecule has 0 atom stereocenters. The zero-order chi connectivity index (χ0) is 43.9. The predicted octanol–water partition coefficient (Wildman–Crippen LogP) is 12.9. The summed E-state index contributed by atoms with van der Waals surface area (Å²) in [6.07, 6.45) is 11.7. The van der Waals surface area contributed by atoms with Crippen molar-refractivity contribution in [2.45, 2.75) is 81.1 Å². The Morgan fingerprint density at radius 3 is 1.02 bits per heavy atom. The van der Waals surface area contributed by atoms with Crippen LogP contribution in [0.1, 0.15) is 104 Å². The van der Waals surface area contributed by atoms with E-state index in [1.165, 1.54) is 0 Å². The molecule has 0 aliphatic carbocycles. The first-order valence-electron chi connectivity index (χ1n) is 22.3. The first kappa shape index (κ1) is 43.9. The fourth-order valence-corrected chi connectivity index (χ4v) is 7.27. The van der Waals surface area contributed by atoms with Gasteiger partial charge in [0.2, 0.25) is 0 Å². The lowest BCUT2D eigenvalue weighted by Gasteiger charge is -2.14. The summed E-state index contributed by atoms with van der Waals surface area (Å²) in [6, 6.07) is 20.2. The van der Waals surface area contributed by atoms with Gasteiger partial charge in [-0.15, -0.1) is 0 Å². The number of benzene rings is 2. The van der Waals surface area contributed by atoms with Gasteiger partial charge in [-0.05, 0) is 133 Å². The second kappa shape index (κ2) is 19.7. The topological polar surface area (TPSA) is 146 Å². The van der Waals surface area contributed by atoms with Crippen molar-refractivity contribution in [3.8, 4) is 45.3 Å². The van der Waals surface area contributed by atoms with Crippen LogP contribution >= 0.6 is 0 Å². The van der Waals surface area contributed by atoms with Crippen LogP contribution in [0.3, 0.4) is 0 Å². The van der Waals surface area contributed by atoms with Crippen LogP contribution in [0.15, 0.2) is 60.7 Å². The Kier molecular flexibility index (Phi) is 14.0. The average Bonchev–Trinajstić information content (AvgIpc) is 4.06. The maximum atomic E-state index is 7.00. The van der Waals surface area contributed by atoms with Gasteiger partial charge in [0.05, 0.1) is 71.6 Å². The van der Waals surface area contributed by atoms with Gasteiger partial charge < -0.3 is 40.4 Å². The summed E-state index contributed by atoms with van der Waals surface area (Å²) >= 11 is 0. The summed E-state index contributed by atoms with van der Waals surface area (Å²) in [6.45, 7) is 20.0. The molecule has 0 spiro atoms. The second-order valence-electron chi connectivity index (χ2n) is 18.1. The highest BCUT2D eigenvalue weighted by Gasteiger charge is 2.19. The smallest absolute Gasteiger partial charge is 0.123 e. The normalized spacial score (nSPS) is 12.3. The Hall–Kier alpha value is -6.16. The summed E-state index contributed by atoms with van der Waals surface area (Å²) in [5, 5.41) is 0. The van der Waals surface area contributed by atoms with E-state index in [0.717, 1.165) is 104 Å². The van der Waals surface area contributed by atoms with E-state index in [0.29, 0.717) is 72.9 Å². The van der Waals surface area contributed by atoms with Crippen molar-refractivity contribution in [1.29, 1.82) is 0 Å². The highest BCUT2D eigenvalue weighted by atomic mass is 16.5. The van der Waals surface area contributed by atoms with E-state index in [1.54, 1.807) is 0 Å². The van der Waals surface area contributed by atoms with Crippen LogP contribution in [0.2, 0.25) is 0 Å². The predicted molar refractivity (Wildman–Crippen MR) is 258 cm³/mol. The Labute approximate surface area is 366 Å². The third kappa shape index (κ3) is 10.8. The van der Waals surface area contributed by atoms with E-state index in [4.69, 9.17) is 40.4 Å². The number of rotatable bonds is 18. The molecular formula is C52H64N6O4. The van der Waals surface area contributed by atoms with Crippen LogP contribution in [-0.4, -0.2) is 46.4 Å². The lowest BCUT2D eigenvalue weighted by Crippen LogP contribution is -2.04. The number of fused-ring (bicyclic) bond motifs is 8. The standard InChI is InChI=1S/C52H64N6O4/c1-31(2)17-21-59-37-25-35(26-38(29-37)60-22-18-32(3)4)49-41-9-13-45(55-41)51(53)47-15-11-43(57-47)50(44-12-16-48(58-44)52(54)46-14-10-42(49)56-46)36-27-39(61-23-19-33(5)6)30-40(28-36)62-24-20-34(7)8/h9-16,25-34,55,58H,17-24,53-54H2,1-8H3. The van der Waals surface area contributed by atoms with Crippen LogP contribution in [0, 0.1) is 23.7 Å². The highest BCUT2D eigenvalue weighted by Crippen LogP contribution is 2.39. The number of nitrogens with one attached hydrogen (secondary N) is 2. The van der Waals surface area contributed by atoms with Gasteiger partial charge in [0.1, 0.15) is 23.0 Å². The van der Waals surface area contributed by atoms with Gasteiger partial charge in [-0.1, -0.05) is 55.4 Å². The molecule has 0 saturated heterocycles. The van der Waals surface area contributed by atoms with Crippen molar-refractivity contribution in [2.75, 3.05) is 37.9 Å². The maximum Gasteiger partial charge on any atom is 0.123 e. The highest BCUT2D eigenvalue weighted by molar-refractivity contribution is 5.97. The first-order valence-corrected chi connectivity index (χ1v) is 22.3. The van der Waals surface area contributed by atoms with Crippen molar-refractivity contribution in [3.05, 3.63) is 83.4 Å². The van der Waals surface area contributed by atoms with Crippen LogP contribution in [-0.2, 0) is 0 Å². The van der Waals surface area contributed by atoms with Gasteiger partial charge in [-0.3, -0.25) is 0 Å². The minimum Gasteiger partial charge on any atom is -0.493 e. The van der Waals surface area contributed by atoms with Crippen molar-refractivity contribution < 1.29 is 18.9 Å². The molecule has 2 aliphatic heterocycles. The second-order valence-corrected chi connectivity index (χ2v) is 18.1. The van der Waals surface area contributed by atoms with Gasteiger partial charge in [-0.2, -0.15) is 0 Å². The molecule has 0 amide bonds. The Balaban J connectivity index is 1.43. The van der Waals surface area contributed by atoms with Gasteiger partial charge in [-0.25, -0.2) is 9.97 Å². The minimum atomic E-state index is 0.514. The van der Waals surface area contributed by atoms with Gasteiger partial charge >= 0.3 is 0 Å². The average molecular weight is 837 g/mol. The molecule has 2 aromatic carbocycles. The molecule has 0 unspecified atom stereocenters. The van der Waals surface area contributed by atoms with Crippen LogP contribution in [0.25, 0.3) is 68.6 Å². The Morgan fingerprint density at radius 1 is 0.419 bits per heavy atom. The molecule has 62 heavy (non-hydrogen) atoms. The summed E-state index contributed by atoms with van der Waals surface area (Å²) in [4.78, 5) is 17.6. The molecule has 10 nitrogen and oxygen atoms in total. The van der Waals surface area contributed by atoms with Crippen molar-refractivity contribution in [1.82, 2.24) is 19.9 Å². The molecule has 2 aliphatic rings. The summed E-state index contributed by atoms with van der Waals surface area (Å²) in [5.74, 6) is 5.00. The van der Waals surface area contributed by atoms with Crippen LogP contribution in [0.4, 0.5) is 11.4 Å². The van der Waals surface area contributed by atoms with Gasteiger partial charge in [0, 0.05) is 34.3 Å².